The molecule has 2 nitrogen and oxygen atoms in total. The number of ether oxygens (including phenoxy) is 1. The summed E-state index contributed by atoms with van der Waals surface area (Å²) in [6.07, 6.45) is 0.806. The SMILES string of the molecule is CNC[C@@H]1O[C@H](C)Cc2cccc(F)c21. The molecule has 3 heteroatoms. The summed E-state index contributed by atoms with van der Waals surface area (Å²) in [4.78, 5) is 0. The van der Waals surface area contributed by atoms with Crippen LogP contribution < -0.4 is 5.32 Å². The predicted molar refractivity (Wildman–Crippen MR) is 57.3 cm³/mol. The van der Waals surface area contributed by atoms with Crippen LogP contribution in [0.4, 0.5) is 4.39 Å². The third-order valence-corrected chi connectivity index (χ3v) is 2.76. The Morgan fingerprint density at radius 1 is 1.53 bits per heavy atom. The van der Waals surface area contributed by atoms with Crippen molar-refractivity contribution in [3.8, 4) is 0 Å². The number of fused-ring (bicyclic) bond motifs is 1. The van der Waals surface area contributed by atoms with E-state index in [0.29, 0.717) is 6.54 Å². The van der Waals surface area contributed by atoms with Crippen LogP contribution in [-0.4, -0.2) is 19.7 Å². The molecule has 15 heavy (non-hydrogen) atoms. The van der Waals surface area contributed by atoms with Crippen LogP contribution in [-0.2, 0) is 11.2 Å². The zero-order valence-corrected chi connectivity index (χ0v) is 9.09. The fourth-order valence-electron chi connectivity index (χ4n) is 2.16. The van der Waals surface area contributed by atoms with Gasteiger partial charge in [0, 0.05) is 12.1 Å². The Labute approximate surface area is 89.4 Å². The van der Waals surface area contributed by atoms with E-state index in [1.54, 1.807) is 6.07 Å². The summed E-state index contributed by atoms with van der Waals surface area (Å²) in [5, 5.41) is 3.03. The average molecular weight is 209 g/mol. The van der Waals surface area contributed by atoms with Crippen molar-refractivity contribution in [2.45, 2.75) is 25.6 Å². The highest BCUT2D eigenvalue weighted by Gasteiger charge is 2.27. The van der Waals surface area contributed by atoms with Gasteiger partial charge in [0.15, 0.2) is 0 Å². The molecule has 0 aliphatic carbocycles. The molecule has 1 aliphatic heterocycles. The molecule has 1 heterocycles. The number of benzene rings is 1. The molecule has 2 atom stereocenters. The summed E-state index contributed by atoms with van der Waals surface area (Å²) in [5.41, 5.74) is 1.80. The van der Waals surface area contributed by atoms with Crippen LogP contribution in [0.3, 0.4) is 0 Å². The Bertz CT molecular complexity index is 353. The first-order valence-electron chi connectivity index (χ1n) is 5.29. The van der Waals surface area contributed by atoms with E-state index in [1.807, 2.05) is 20.0 Å². The van der Waals surface area contributed by atoms with Crippen molar-refractivity contribution < 1.29 is 9.13 Å². The normalized spacial score (nSPS) is 25.0. The highest BCUT2D eigenvalue weighted by molar-refractivity contribution is 5.33. The van der Waals surface area contributed by atoms with Crippen LogP contribution in [0.5, 0.6) is 0 Å². The van der Waals surface area contributed by atoms with Crippen LogP contribution >= 0.6 is 0 Å². The van der Waals surface area contributed by atoms with Crippen molar-refractivity contribution in [3.63, 3.8) is 0 Å². The first kappa shape index (κ1) is 10.6. The Morgan fingerprint density at radius 3 is 3.07 bits per heavy atom. The monoisotopic (exact) mass is 209 g/mol. The van der Waals surface area contributed by atoms with Crippen molar-refractivity contribution in [2.75, 3.05) is 13.6 Å². The molecular weight excluding hydrogens is 193 g/mol. The van der Waals surface area contributed by atoms with Gasteiger partial charge >= 0.3 is 0 Å². The lowest BCUT2D eigenvalue weighted by atomic mass is 9.94. The molecule has 0 fully saturated rings. The third-order valence-electron chi connectivity index (χ3n) is 2.76. The molecule has 1 aliphatic rings. The summed E-state index contributed by atoms with van der Waals surface area (Å²) in [6, 6.07) is 5.25. The highest BCUT2D eigenvalue weighted by atomic mass is 19.1. The van der Waals surface area contributed by atoms with Crippen LogP contribution in [0, 0.1) is 5.82 Å². The predicted octanol–water partition coefficient (Wildman–Crippen LogP) is 2.05. The van der Waals surface area contributed by atoms with Gasteiger partial charge in [-0.15, -0.1) is 0 Å². The van der Waals surface area contributed by atoms with Crippen molar-refractivity contribution in [2.24, 2.45) is 0 Å². The number of rotatable bonds is 2. The average Bonchev–Trinajstić information content (AvgIpc) is 2.17. The van der Waals surface area contributed by atoms with E-state index >= 15 is 0 Å². The largest absolute Gasteiger partial charge is 0.369 e. The van der Waals surface area contributed by atoms with Crippen LogP contribution in [0.2, 0.25) is 0 Å². The summed E-state index contributed by atoms with van der Waals surface area (Å²) >= 11 is 0. The van der Waals surface area contributed by atoms with E-state index in [2.05, 4.69) is 5.32 Å². The second-order valence-corrected chi connectivity index (χ2v) is 4.01. The highest BCUT2D eigenvalue weighted by Crippen LogP contribution is 2.31. The molecule has 2 rings (SSSR count). The van der Waals surface area contributed by atoms with Crippen molar-refractivity contribution in [3.05, 3.63) is 35.1 Å². The topological polar surface area (TPSA) is 21.3 Å². The summed E-state index contributed by atoms with van der Waals surface area (Å²) in [5.74, 6) is -0.153. The standard InChI is InChI=1S/C12H16FNO/c1-8-6-9-4-3-5-10(13)12(9)11(15-8)7-14-2/h3-5,8,11,14H,6-7H2,1-2H3/t8-,11+/m1/s1. The van der Waals surface area contributed by atoms with Crippen molar-refractivity contribution in [1.29, 1.82) is 0 Å². The molecule has 1 N–H and O–H groups in total. The zero-order valence-electron chi connectivity index (χ0n) is 9.09. The number of nitrogens with one attached hydrogen (secondary N) is 1. The summed E-state index contributed by atoms with van der Waals surface area (Å²) < 4.78 is 19.4. The summed E-state index contributed by atoms with van der Waals surface area (Å²) in [7, 11) is 1.85. The van der Waals surface area contributed by atoms with Gasteiger partial charge in [-0.25, -0.2) is 4.39 Å². The molecule has 82 valence electrons. The minimum atomic E-state index is -0.157. The minimum Gasteiger partial charge on any atom is -0.369 e. The van der Waals surface area contributed by atoms with E-state index in [-0.39, 0.29) is 18.0 Å². The van der Waals surface area contributed by atoms with E-state index in [0.717, 1.165) is 17.5 Å². The minimum absolute atomic E-state index is 0.153. The molecule has 0 aromatic heterocycles. The lowest BCUT2D eigenvalue weighted by Crippen LogP contribution is -2.30. The molecule has 0 spiro atoms. The Hall–Kier alpha value is -0.930. The van der Waals surface area contributed by atoms with Gasteiger partial charge in [-0.1, -0.05) is 12.1 Å². The van der Waals surface area contributed by atoms with Crippen LogP contribution in [0.15, 0.2) is 18.2 Å². The first-order chi connectivity index (χ1) is 7.22. The van der Waals surface area contributed by atoms with Gasteiger partial charge in [0.25, 0.3) is 0 Å². The Kier molecular flexibility index (Phi) is 3.03. The molecule has 0 saturated carbocycles. The van der Waals surface area contributed by atoms with E-state index in [9.17, 15) is 4.39 Å². The first-order valence-corrected chi connectivity index (χ1v) is 5.29. The lowest BCUT2D eigenvalue weighted by molar-refractivity contribution is -0.0158. The molecule has 0 unspecified atom stereocenters. The number of hydrogen-bond donors (Lipinski definition) is 1. The van der Waals surface area contributed by atoms with Crippen molar-refractivity contribution >= 4 is 0 Å². The van der Waals surface area contributed by atoms with Crippen molar-refractivity contribution in [1.82, 2.24) is 5.32 Å². The van der Waals surface area contributed by atoms with E-state index in [4.69, 9.17) is 4.74 Å². The number of hydrogen-bond acceptors (Lipinski definition) is 2. The molecule has 0 amide bonds. The maximum Gasteiger partial charge on any atom is 0.129 e. The second kappa shape index (κ2) is 4.29. The van der Waals surface area contributed by atoms with Gasteiger partial charge in [-0.2, -0.15) is 0 Å². The van der Waals surface area contributed by atoms with Gasteiger partial charge in [0.2, 0.25) is 0 Å². The molecule has 0 radical (unpaired) electrons. The maximum absolute atomic E-state index is 13.7. The third kappa shape index (κ3) is 2.03. The maximum atomic E-state index is 13.7. The molecule has 1 aromatic rings. The van der Waals surface area contributed by atoms with E-state index in [1.165, 1.54) is 6.07 Å². The van der Waals surface area contributed by atoms with Gasteiger partial charge in [-0.3, -0.25) is 0 Å². The van der Waals surface area contributed by atoms with Crippen LogP contribution in [0.1, 0.15) is 24.2 Å². The summed E-state index contributed by atoms with van der Waals surface area (Å²) in [6.45, 7) is 2.68. The molecule has 0 saturated heterocycles. The molecular formula is C12H16FNO. The van der Waals surface area contributed by atoms with Gasteiger partial charge in [0.05, 0.1) is 12.2 Å². The zero-order chi connectivity index (χ0) is 10.8. The Morgan fingerprint density at radius 2 is 2.33 bits per heavy atom. The quantitative estimate of drug-likeness (QED) is 0.805. The smallest absolute Gasteiger partial charge is 0.129 e. The molecule has 0 bridgehead atoms. The number of likely N-dealkylation sites (N-methyl/N-ethyl adjacent to an activating group) is 1. The fourth-order valence-corrected chi connectivity index (χ4v) is 2.16. The van der Waals surface area contributed by atoms with E-state index < -0.39 is 0 Å². The van der Waals surface area contributed by atoms with Crippen LogP contribution in [0.25, 0.3) is 0 Å². The second-order valence-electron chi connectivity index (χ2n) is 4.01. The van der Waals surface area contributed by atoms with Gasteiger partial charge in [-0.05, 0) is 32.0 Å². The molecule has 1 aromatic carbocycles. The van der Waals surface area contributed by atoms with Gasteiger partial charge < -0.3 is 10.1 Å². The Balaban J connectivity index is 2.38. The number of halogens is 1. The van der Waals surface area contributed by atoms with Gasteiger partial charge in [0.1, 0.15) is 5.82 Å². The lowest BCUT2D eigenvalue weighted by Gasteiger charge is -2.30. The fraction of sp³-hybridized carbons (Fsp3) is 0.500.